The summed E-state index contributed by atoms with van der Waals surface area (Å²) in [5.41, 5.74) is 0.636. The van der Waals surface area contributed by atoms with Crippen LogP contribution in [0.1, 0.15) is 6.92 Å². The first-order chi connectivity index (χ1) is 8.11. The molecule has 92 valence electrons. The predicted molar refractivity (Wildman–Crippen MR) is 67.2 cm³/mol. The molecule has 0 radical (unpaired) electrons. The summed E-state index contributed by atoms with van der Waals surface area (Å²) in [7, 11) is 0. The van der Waals surface area contributed by atoms with E-state index in [1.54, 1.807) is 31.2 Å². The third-order valence-electron chi connectivity index (χ3n) is 1.87. The van der Waals surface area contributed by atoms with E-state index < -0.39 is 0 Å². The number of anilines is 1. The molecular formula is C11H14ClN3O2. The van der Waals surface area contributed by atoms with E-state index in [0.717, 1.165) is 0 Å². The monoisotopic (exact) mass is 255 g/mol. The molecule has 0 aliphatic carbocycles. The summed E-state index contributed by atoms with van der Waals surface area (Å²) in [5.74, 6) is -0.293. The van der Waals surface area contributed by atoms with Gasteiger partial charge in [-0.3, -0.25) is 4.79 Å². The van der Waals surface area contributed by atoms with E-state index in [0.29, 0.717) is 17.3 Å². The third kappa shape index (κ3) is 5.21. The largest absolute Gasteiger partial charge is 0.338 e. The highest BCUT2D eigenvalue weighted by atomic mass is 35.5. The first-order valence-electron chi connectivity index (χ1n) is 5.19. The molecule has 1 aromatic rings. The summed E-state index contributed by atoms with van der Waals surface area (Å²) in [4.78, 5) is 22.4. The van der Waals surface area contributed by atoms with Gasteiger partial charge < -0.3 is 16.0 Å². The van der Waals surface area contributed by atoms with E-state index >= 15 is 0 Å². The molecule has 0 fully saturated rings. The molecule has 0 aliphatic rings. The molecule has 0 saturated carbocycles. The maximum atomic E-state index is 11.4. The van der Waals surface area contributed by atoms with Gasteiger partial charge in [-0.2, -0.15) is 0 Å². The summed E-state index contributed by atoms with van der Waals surface area (Å²) < 4.78 is 0. The number of hydrogen-bond acceptors (Lipinski definition) is 2. The second-order valence-electron chi connectivity index (χ2n) is 3.27. The van der Waals surface area contributed by atoms with Crippen molar-refractivity contribution in [1.82, 2.24) is 10.6 Å². The maximum absolute atomic E-state index is 11.4. The molecule has 0 bridgehead atoms. The molecule has 6 heteroatoms. The zero-order chi connectivity index (χ0) is 12.7. The van der Waals surface area contributed by atoms with Crippen molar-refractivity contribution in [3.8, 4) is 0 Å². The van der Waals surface area contributed by atoms with E-state index in [1.165, 1.54) is 0 Å². The molecule has 5 nitrogen and oxygen atoms in total. The van der Waals surface area contributed by atoms with Gasteiger partial charge in [-0.1, -0.05) is 11.6 Å². The molecule has 0 unspecified atom stereocenters. The van der Waals surface area contributed by atoms with Gasteiger partial charge in [-0.05, 0) is 31.2 Å². The second-order valence-corrected chi connectivity index (χ2v) is 3.70. The number of rotatable bonds is 4. The van der Waals surface area contributed by atoms with Gasteiger partial charge in [0.05, 0.1) is 6.54 Å². The normalized spacial score (nSPS) is 9.53. The van der Waals surface area contributed by atoms with Gasteiger partial charge in [-0.25, -0.2) is 4.79 Å². The molecule has 0 spiro atoms. The van der Waals surface area contributed by atoms with Gasteiger partial charge in [0, 0.05) is 17.3 Å². The van der Waals surface area contributed by atoms with E-state index in [-0.39, 0.29) is 18.5 Å². The molecule has 0 heterocycles. The Labute approximate surface area is 105 Å². The van der Waals surface area contributed by atoms with Crippen molar-refractivity contribution in [3.63, 3.8) is 0 Å². The smallest absolute Gasteiger partial charge is 0.315 e. The average molecular weight is 256 g/mol. The van der Waals surface area contributed by atoms with Crippen LogP contribution < -0.4 is 16.0 Å². The van der Waals surface area contributed by atoms with Gasteiger partial charge in [0.25, 0.3) is 0 Å². The Kier molecular flexibility index (Phi) is 5.29. The van der Waals surface area contributed by atoms with Crippen molar-refractivity contribution in [2.75, 3.05) is 18.4 Å². The lowest BCUT2D eigenvalue weighted by molar-refractivity contribution is -0.115. The minimum Gasteiger partial charge on any atom is -0.338 e. The van der Waals surface area contributed by atoms with E-state index in [4.69, 9.17) is 11.6 Å². The van der Waals surface area contributed by atoms with Crippen LogP contribution in [0.15, 0.2) is 24.3 Å². The number of halogens is 1. The van der Waals surface area contributed by atoms with Crippen LogP contribution in [0.4, 0.5) is 10.5 Å². The van der Waals surface area contributed by atoms with Gasteiger partial charge in [0.15, 0.2) is 0 Å². The van der Waals surface area contributed by atoms with Crippen molar-refractivity contribution >= 4 is 29.2 Å². The molecule has 3 N–H and O–H groups in total. The second kappa shape index (κ2) is 6.75. The Morgan fingerprint density at radius 1 is 1.18 bits per heavy atom. The first kappa shape index (κ1) is 13.3. The molecule has 0 aromatic heterocycles. The number of nitrogens with one attached hydrogen (secondary N) is 3. The van der Waals surface area contributed by atoms with Crippen LogP contribution in [0.5, 0.6) is 0 Å². The van der Waals surface area contributed by atoms with Crippen LogP contribution in [0, 0.1) is 0 Å². The fraction of sp³-hybridized carbons (Fsp3) is 0.273. The van der Waals surface area contributed by atoms with Gasteiger partial charge in [0.1, 0.15) is 0 Å². The third-order valence-corrected chi connectivity index (χ3v) is 2.13. The van der Waals surface area contributed by atoms with Crippen molar-refractivity contribution in [1.29, 1.82) is 0 Å². The van der Waals surface area contributed by atoms with E-state index in [1.807, 2.05) is 0 Å². The average Bonchev–Trinajstić information content (AvgIpc) is 2.30. The Morgan fingerprint density at radius 2 is 1.82 bits per heavy atom. The zero-order valence-corrected chi connectivity index (χ0v) is 10.2. The molecule has 1 rings (SSSR count). The summed E-state index contributed by atoms with van der Waals surface area (Å²) in [5, 5.41) is 8.18. The minimum atomic E-state index is -0.362. The van der Waals surface area contributed by atoms with Crippen molar-refractivity contribution in [3.05, 3.63) is 29.3 Å². The highest BCUT2D eigenvalue weighted by Gasteiger charge is 2.04. The van der Waals surface area contributed by atoms with Crippen LogP contribution in [-0.2, 0) is 4.79 Å². The highest BCUT2D eigenvalue weighted by molar-refractivity contribution is 6.30. The van der Waals surface area contributed by atoms with Crippen LogP contribution in [0.25, 0.3) is 0 Å². The lowest BCUT2D eigenvalue weighted by Crippen LogP contribution is -2.39. The van der Waals surface area contributed by atoms with E-state index in [2.05, 4.69) is 16.0 Å². The number of hydrogen-bond donors (Lipinski definition) is 3. The summed E-state index contributed by atoms with van der Waals surface area (Å²) in [6.07, 6.45) is 0. The lowest BCUT2D eigenvalue weighted by atomic mass is 10.3. The Hall–Kier alpha value is -1.75. The molecule has 0 saturated heterocycles. The lowest BCUT2D eigenvalue weighted by Gasteiger charge is -2.07. The van der Waals surface area contributed by atoms with Crippen molar-refractivity contribution < 1.29 is 9.59 Å². The van der Waals surface area contributed by atoms with Crippen molar-refractivity contribution in [2.45, 2.75) is 6.92 Å². The Morgan fingerprint density at radius 3 is 2.41 bits per heavy atom. The fourth-order valence-corrected chi connectivity index (χ4v) is 1.25. The SMILES string of the molecule is CCNC(=O)NCC(=O)Nc1ccc(Cl)cc1. The minimum absolute atomic E-state index is 0.0749. The van der Waals surface area contributed by atoms with Crippen LogP contribution in [0.3, 0.4) is 0 Å². The fourth-order valence-electron chi connectivity index (χ4n) is 1.12. The number of carbonyl (C=O) groups excluding carboxylic acids is 2. The molecule has 17 heavy (non-hydrogen) atoms. The topological polar surface area (TPSA) is 70.2 Å². The van der Waals surface area contributed by atoms with Gasteiger partial charge in [-0.15, -0.1) is 0 Å². The number of benzene rings is 1. The Bertz CT molecular complexity index is 392. The predicted octanol–water partition coefficient (Wildman–Crippen LogP) is 1.60. The molecule has 0 atom stereocenters. The zero-order valence-electron chi connectivity index (χ0n) is 9.42. The summed E-state index contributed by atoms with van der Waals surface area (Å²) in [6, 6.07) is 6.36. The van der Waals surface area contributed by atoms with E-state index in [9.17, 15) is 9.59 Å². The first-order valence-corrected chi connectivity index (χ1v) is 5.56. The van der Waals surface area contributed by atoms with Crippen LogP contribution in [0.2, 0.25) is 5.02 Å². The highest BCUT2D eigenvalue weighted by Crippen LogP contribution is 2.12. The van der Waals surface area contributed by atoms with Gasteiger partial charge >= 0.3 is 6.03 Å². The van der Waals surface area contributed by atoms with Crippen LogP contribution >= 0.6 is 11.6 Å². The molecular weight excluding hydrogens is 242 g/mol. The van der Waals surface area contributed by atoms with Crippen molar-refractivity contribution in [2.24, 2.45) is 0 Å². The van der Waals surface area contributed by atoms with Gasteiger partial charge in [0.2, 0.25) is 5.91 Å². The summed E-state index contributed by atoms with van der Waals surface area (Å²) >= 11 is 5.71. The summed E-state index contributed by atoms with van der Waals surface area (Å²) in [6.45, 7) is 2.24. The molecule has 0 aliphatic heterocycles. The quantitative estimate of drug-likeness (QED) is 0.765. The Balaban J connectivity index is 2.34. The van der Waals surface area contributed by atoms with Crippen LogP contribution in [-0.4, -0.2) is 25.0 Å². The molecule has 1 aromatic carbocycles. The standard InChI is InChI=1S/C11H14ClN3O2/c1-2-13-11(17)14-7-10(16)15-9-5-3-8(12)4-6-9/h3-6H,2,7H2,1H3,(H,15,16)(H2,13,14,17). The number of amides is 3. The number of carbonyl (C=O) groups is 2. The number of urea groups is 1. The molecule has 3 amide bonds. The maximum Gasteiger partial charge on any atom is 0.315 e.